The minimum Gasteiger partial charge on any atom is -0.479 e. The number of hydrogen-bond acceptors (Lipinski definition) is 12. The first kappa shape index (κ1) is 33.0. The number of hydrogen-bond donors (Lipinski definition) is 1. The molecule has 0 radical (unpaired) electrons. The second kappa shape index (κ2) is 15.9. The summed E-state index contributed by atoms with van der Waals surface area (Å²) in [5.74, 6) is -8.25. The fraction of sp³-hybridized carbons (Fsp3) is 0.682. The molecule has 14 heteroatoms. The first-order valence-electron chi connectivity index (χ1n) is 11.0. The topological polar surface area (TPSA) is 186 Å². The third-order valence-electron chi connectivity index (χ3n) is 4.53. The van der Waals surface area contributed by atoms with Gasteiger partial charge in [0.1, 0.15) is 11.7 Å². The summed E-state index contributed by atoms with van der Waals surface area (Å²) < 4.78 is 24.0. The molecule has 0 fully saturated rings. The Morgan fingerprint density at radius 1 is 0.583 bits per heavy atom. The molecule has 0 aromatic carbocycles. The van der Waals surface area contributed by atoms with Gasteiger partial charge in [-0.3, -0.25) is 9.59 Å². The average molecular weight is 583 g/mol. The van der Waals surface area contributed by atoms with E-state index in [-0.39, 0.29) is 12.2 Å². The normalized spacial score (nSPS) is 15.6. The van der Waals surface area contributed by atoms with Crippen molar-refractivity contribution < 1.29 is 62.4 Å². The molecule has 6 atom stereocenters. The number of halogens is 1. The number of Topliss-reactive ketones (excluding diaryl/α,β-unsaturated/α-hetero) is 1. The van der Waals surface area contributed by atoms with E-state index < -0.39 is 72.3 Å². The van der Waals surface area contributed by atoms with Gasteiger partial charge in [0.15, 0.2) is 30.5 Å². The van der Waals surface area contributed by atoms with Crippen LogP contribution in [0.5, 0.6) is 0 Å². The fourth-order valence-electron chi connectivity index (χ4n) is 2.19. The average Bonchev–Trinajstić information content (AvgIpc) is 2.80. The van der Waals surface area contributed by atoms with Crippen LogP contribution in [0.25, 0.3) is 0 Å². The van der Waals surface area contributed by atoms with Crippen LogP contribution < -0.4 is 0 Å². The molecule has 0 aliphatic rings. The van der Waals surface area contributed by atoms with Crippen LogP contribution in [-0.2, 0) is 57.2 Å². The van der Waals surface area contributed by atoms with Crippen LogP contribution in [0.15, 0.2) is 0 Å². The molecule has 1 N–H and O–H groups in total. The quantitative estimate of drug-likeness (QED) is 0.125. The molecular formula is C22H31BrO13. The van der Waals surface area contributed by atoms with E-state index in [9.17, 15) is 33.6 Å². The molecule has 0 spiro atoms. The van der Waals surface area contributed by atoms with Gasteiger partial charge in [0, 0.05) is 11.8 Å². The number of ether oxygens (including phenoxy) is 5. The van der Waals surface area contributed by atoms with Gasteiger partial charge in [-0.1, -0.05) is 15.9 Å². The molecule has 6 unspecified atom stereocenters. The molecule has 204 valence electrons. The Kier molecular flexibility index (Phi) is 14.5. The number of carboxylic acid groups (broad SMARTS) is 1. The Morgan fingerprint density at radius 2 is 0.889 bits per heavy atom. The Labute approximate surface area is 216 Å². The van der Waals surface area contributed by atoms with Gasteiger partial charge in [0.2, 0.25) is 0 Å². The summed E-state index contributed by atoms with van der Waals surface area (Å²) >= 11 is 3.18. The Morgan fingerprint density at radius 3 is 1.19 bits per heavy atom. The third-order valence-corrected chi connectivity index (χ3v) is 5.09. The smallest absolute Gasteiger partial charge is 0.347 e. The number of carboxylic acids is 1. The van der Waals surface area contributed by atoms with Gasteiger partial charge >= 0.3 is 35.8 Å². The predicted molar refractivity (Wildman–Crippen MR) is 123 cm³/mol. The summed E-state index contributed by atoms with van der Waals surface area (Å²) in [6.45, 7) is 7.06. The fourth-order valence-corrected chi connectivity index (χ4v) is 2.47. The van der Waals surface area contributed by atoms with Gasteiger partial charge in [0.05, 0.1) is 0 Å². The molecule has 0 bridgehead atoms. The zero-order chi connectivity index (χ0) is 28.2. The maximum absolute atomic E-state index is 12.2. The van der Waals surface area contributed by atoms with Crippen molar-refractivity contribution in [1.82, 2.24) is 0 Å². The van der Waals surface area contributed by atoms with Gasteiger partial charge in [-0.05, 0) is 48.0 Å². The number of rotatable bonds is 15. The number of alkyl halides is 1. The summed E-state index contributed by atoms with van der Waals surface area (Å²) in [7, 11) is 0. The molecule has 0 aliphatic carbocycles. The van der Waals surface area contributed by atoms with Crippen LogP contribution in [0.2, 0.25) is 0 Å². The molecule has 0 aromatic rings. The second-order valence-electron chi connectivity index (χ2n) is 7.71. The lowest BCUT2D eigenvalue weighted by Crippen LogP contribution is -2.38. The Bertz CT molecular complexity index is 840. The lowest BCUT2D eigenvalue weighted by atomic mass is 10.0. The van der Waals surface area contributed by atoms with Crippen LogP contribution in [0.1, 0.15) is 54.4 Å². The van der Waals surface area contributed by atoms with E-state index in [1.807, 2.05) is 0 Å². The first-order valence-corrected chi connectivity index (χ1v) is 12.1. The molecule has 0 aromatic heterocycles. The van der Waals surface area contributed by atoms with E-state index >= 15 is 0 Å². The third kappa shape index (κ3) is 11.6. The van der Waals surface area contributed by atoms with E-state index in [1.165, 1.54) is 13.8 Å². The summed E-state index contributed by atoms with van der Waals surface area (Å²) in [4.78, 5) is 82.8. The molecule has 13 nitrogen and oxygen atoms in total. The van der Waals surface area contributed by atoms with Gasteiger partial charge in [0.25, 0.3) is 0 Å². The molecule has 0 rings (SSSR count). The van der Waals surface area contributed by atoms with Crippen molar-refractivity contribution in [3.05, 3.63) is 0 Å². The van der Waals surface area contributed by atoms with Crippen LogP contribution in [-0.4, -0.2) is 82.6 Å². The maximum Gasteiger partial charge on any atom is 0.347 e. The Balaban J connectivity index is 4.71. The van der Waals surface area contributed by atoms with Crippen LogP contribution in [0, 0.1) is 5.92 Å². The first-order chi connectivity index (χ1) is 16.6. The van der Waals surface area contributed by atoms with Crippen molar-refractivity contribution in [3.8, 4) is 0 Å². The lowest BCUT2D eigenvalue weighted by molar-refractivity contribution is -0.186. The molecule has 0 saturated heterocycles. The van der Waals surface area contributed by atoms with Crippen molar-refractivity contribution in [2.45, 2.75) is 84.9 Å². The molecular weight excluding hydrogens is 552 g/mol. The number of aliphatic carboxylic acids is 1. The number of carbonyl (C=O) groups excluding carboxylic acids is 6. The number of esters is 5. The van der Waals surface area contributed by atoms with Gasteiger partial charge < -0.3 is 28.8 Å². The van der Waals surface area contributed by atoms with Crippen molar-refractivity contribution in [3.63, 3.8) is 0 Å². The largest absolute Gasteiger partial charge is 0.479 e. The van der Waals surface area contributed by atoms with E-state index in [0.29, 0.717) is 11.8 Å². The monoisotopic (exact) mass is 582 g/mol. The minimum atomic E-state index is -1.52. The highest BCUT2D eigenvalue weighted by molar-refractivity contribution is 9.09. The summed E-state index contributed by atoms with van der Waals surface area (Å²) in [5.41, 5.74) is 0. The van der Waals surface area contributed by atoms with E-state index in [1.54, 1.807) is 0 Å². The molecule has 0 heterocycles. The molecule has 0 amide bonds. The second-order valence-corrected chi connectivity index (χ2v) is 8.51. The van der Waals surface area contributed by atoms with Gasteiger partial charge in [-0.15, -0.1) is 0 Å². The molecule has 0 aliphatic heterocycles. The summed E-state index contributed by atoms with van der Waals surface area (Å²) in [6.07, 6.45) is -6.72. The zero-order valence-electron chi connectivity index (χ0n) is 20.8. The Hall–Kier alpha value is -3.03. The highest BCUT2D eigenvalue weighted by atomic mass is 79.9. The predicted octanol–water partition coefficient (Wildman–Crippen LogP) is 1.11. The highest BCUT2D eigenvalue weighted by Gasteiger charge is 2.32. The van der Waals surface area contributed by atoms with Crippen LogP contribution in [0.4, 0.5) is 0 Å². The van der Waals surface area contributed by atoms with E-state index in [0.717, 1.165) is 27.7 Å². The van der Waals surface area contributed by atoms with Crippen LogP contribution >= 0.6 is 15.9 Å². The van der Waals surface area contributed by atoms with Crippen molar-refractivity contribution >= 4 is 57.5 Å². The number of ketones is 1. The van der Waals surface area contributed by atoms with E-state index in [4.69, 9.17) is 24.1 Å². The van der Waals surface area contributed by atoms with Crippen molar-refractivity contribution in [2.24, 2.45) is 5.92 Å². The number of carbonyl (C=O) groups is 7. The van der Waals surface area contributed by atoms with Crippen molar-refractivity contribution in [2.75, 3.05) is 5.33 Å². The van der Waals surface area contributed by atoms with Gasteiger partial charge in [-0.25, -0.2) is 24.0 Å². The standard InChI is InChI=1S/C22H31BrO13/c1-10(16(24)8-7-9-23)18(27)33-12(3)20(29)35-14(5)22(31)36-15(6)21(30)34-13(4)19(28)32-11(2)17(25)26/h10-15H,7-9H2,1-6H3,(H,25,26). The van der Waals surface area contributed by atoms with Crippen molar-refractivity contribution in [1.29, 1.82) is 0 Å². The maximum atomic E-state index is 12.2. The zero-order valence-corrected chi connectivity index (χ0v) is 22.4. The summed E-state index contributed by atoms with van der Waals surface area (Å²) in [6, 6.07) is 0. The summed E-state index contributed by atoms with van der Waals surface area (Å²) in [5, 5.41) is 9.32. The highest BCUT2D eigenvalue weighted by Crippen LogP contribution is 2.11. The van der Waals surface area contributed by atoms with Crippen LogP contribution in [0.3, 0.4) is 0 Å². The molecule has 0 saturated carbocycles. The lowest BCUT2D eigenvalue weighted by Gasteiger charge is -2.20. The molecule has 36 heavy (non-hydrogen) atoms. The van der Waals surface area contributed by atoms with Gasteiger partial charge in [-0.2, -0.15) is 0 Å². The SMILES string of the molecule is CC(OC(=O)C(C)OC(=O)C(C)OC(=O)C(C)OC(=O)C(C)OC(=O)C(C)C(=O)CCCBr)C(=O)O. The minimum absolute atomic E-state index is 0.158. The van der Waals surface area contributed by atoms with E-state index in [2.05, 4.69) is 20.7 Å².